The van der Waals surface area contributed by atoms with Crippen molar-refractivity contribution < 1.29 is 9.90 Å². The molecule has 0 aromatic heterocycles. The molecular formula is C16H30N2O2. The first-order valence-corrected chi connectivity index (χ1v) is 8.20. The van der Waals surface area contributed by atoms with Crippen molar-refractivity contribution in [3.8, 4) is 0 Å². The maximum atomic E-state index is 11.6. The molecule has 2 saturated carbocycles. The molecule has 0 amide bonds. The van der Waals surface area contributed by atoms with E-state index < -0.39 is 11.5 Å². The van der Waals surface area contributed by atoms with Crippen LogP contribution in [0, 0.1) is 5.92 Å². The molecule has 0 bridgehead atoms. The number of aliphatic carboxylic acids is 1. The number of hydrogen-bond donors (Lipinski definition) is 2. The molecule has 0 aliphatic heterocycles. The molecule has 116 valence electrons. The summed E-state index contributed by atoms with van der Waals surface area (Å²) in [6, 6.07) is 0.411. The van der Waals surface area contributed by atoms with Gasteiger partial charge in [0, 0.05) is 12.6 Å². The molecule has 2 N–H and O–H groups in total. The summed E-state index contributed by atoms with van der Waals surface area (Å²) >= 11 is 0. The SMILES string of the molecule is CNC1(C(=O)O)CCCC(N(C)CC2CCCCC2)C1. The Morgan fingerprint density at radius 1 is 1.25 bits per heavy atom. The van der Waals surface area contributed by atoms with Gasteiger partial charge in [0.1, 0.15) is 5.54 Å². The van der Waals surface area contributed by atoms with Crippen molar-refractivity contribution in [2.75, 3.05) is 20.6 Å². The van der Waals surface area contributed by atoms with E-state index in [1.165, 1.54) is 32.1 Å². The Labute approximate surface area is 122 Å². The summed E-state index contributed by atoms with van der Waals surface area (Å²) in [5.41, 5.74) is -0.705. The van der Waals surface area contributed by atoms with Crippen molar-refractivity contribution in [1.29, 1.82) is 0 Å². The second-order valence-corrected chi connectivity index (χ2v) is 6.83. The van der Waals surface area contributed by atoms with Crippen LogP contribution < -0.4 is 5.32 Å². The zero-order chi connectivity index (χ0) is 14.6. The van der Waals surface area contributed by atoms with Gasteiger partial charge in [0.15, 0.2) is 0 Å². The molecule has 2 aliphatic rings. The van der Waals surface area contributed by atoms with Crippen LogP contribution in [0.25, 0.3) is 0 Å². The van der Waals surface area contributed by atoms with E-state index in [9.17, 15) is 9.90 Å². The Balaban J connectivity index is 1.92. The van der Waals surface area contributed by atoms with Crippen LogP contribution in [0.1, 0.15) is 57.8 Å². The molecule has 0 aromatic carbocycles. The van der Waals surface area contributed by atoms with E-state index in [1.54, 1.807) is 7.05 Å². The van der Waals surface area contributed by atoms with Crippen LogP contribution >= 0.6 is 0 Å². The second kappa shape index (κ2) is 6.90. The lowest BCUT2D eigenvalue weighted by molar-refractivity contribution is -0.147. The number of carbonyl (C=O) groups is 1. The van der Waals surface area contributed by atoms with Crippen LogP contribution in [-0.4, -0.2) is 48.2 Å². The molecule has 0 aromatic rings. The van der Waals surface area contributed by atoms with Gasteiger partial charge in [-0.05, 0) is 58.5 Å². The van der Waals surface area contributed by atoms with Gasteiger partial charge < -0.3 is 15.3 Å². The summed E-state index contributed by atoms with van der Waals surface area (Å²) in [7, 11) is 3.98. The summed E-state index contributed by atoms with van der Waals surface area (Å²) in [6.45, 7) is 1.14. The highest BCUT2D eigenvalue weighted by Crippen LogP contribution is 2.32. The molecule has 0 saturated heterocycles. The van der Waals surface area contributed by atoms with Crippen LogP contribution in [0.15, 0.2) is 0 Å². The van der Waals surface area contributed by atoms with E-state index in [4.69, 9.17) is 0 Å². The first-order chi connectivity index (χ1) is 9.57. The number of nitrogens with one attached hydrogen (secondary N) is 1. The van der Waals surface area contributed by atoms with E-state index in [0.29, 0.717) is 6.04 Å². The third-order valence-electron chi connectivity index (χ3n) is 5.51. The third kappa shape index (κ3) is 3.53. The van der Waals surface area contributed by atoms with Crippen LogP contribution in [0.5, 0.6) is 0 Å². The normalized spacial score (nSPS) is 32.5. The monoisotopic (exact) mass is 282 g/mol. The fraction of sp³-hybridized carbons (Fsp3) is 0.938. The van der Waals surface area contributed by atoms with E-state index in [-0.39, 0.29) is 0 Å². The lowest BCUT2D eigenvalue weighted by Crippen LogP contribution is -2.57. The molecule has 0 spiro atoms. The molecule has 2 fully saturated rings. The molecule has 2 atom stereocenters. The number of rotatable bonds is 5. The number of nitrogens with zero attached hydrogens (tertiary/aromatic N) is 1. The highest BCUT2D eigenvalue weighted by Gasteiger charge is 2.42. The molecule has 4 heteroatoms. The van der Waals surface area contributed by atoms with Gasteiger partial charge >= 0.3 is 5.97 Å². The predicted octanol–water partition coefficient (Wildman–Crippen LogP) is 2.48. The Kier molecular flexibility index (Phi) is 5.44. The highest BCUT2D eigenvalue weighted by atomic mass is 16.4. The smallest absolute Gasteiger partial charge is 0.323 e. The molecule has 4 nitrogen and oxygen atoms in total. The first-order valence-electron chi connectivity index (χ1n) is 8.20. The summed E-state index contributed by atoms with van der Waals surface area (Å²) in [6.07, 6.45) is 10.5. The quantitative estimate of drug-likeness (QED) is 0.813. The Bertz CT molecular complexity index is 328. The maximum Gasteiger partial charge on any atom is 0.323 e. The van der Waals surface area contributed by atoms with E-state index in [0.717, 1.165) is 38.1 Å². The lowest BCUT2D eigenvalue weighted by atomic mass is 9.78. The molecular weight excluding hydrogens is 252 g/mol. The minimum Gasteiger partial charge on any atom is -0.480 e. The average Bonchev–Trinajstić information content (AvgIpc) is 2.48. The van der Waals surface area contributed by atoms with E-state index in [2.05, 4.69) is 17.3 Å². The average molecular weight is 282 g/mol. The Morgan fingerprint density at radius 2 is 1.95 bits per heavy atom. The van der Waals surface area contributed by atoms with Crippen LogP contribution in [-0.2, 0) is 4.79 Å². The summed E-state index contributed by atoms with van der Waals surface area (Å²) in [4.78, 5) is 14.0. The van der Waals surface area contributed by atoms with Gasteiger partial charge in [0.05, 0.1) is 0 Å². The minimum atomic E-state index is -0.705. The van der Waals surface area contributed by atoms with E-state index in [1.807, 2.05) is 0 Å². The Morgan fingerprint density at radius 3 is 2.55 bits per heavy atom. The first kappa shape index (κ1) is 15.8. The summed E-state index contributed by atoms with van der Waals surface area (Å²) in [5, 5.41) is 12.6. The molecule has 2 unspecified atom stereocenters. The van der Waals surface area contributed by atoms with Gasteiger partial charge in [-0.2, -0.15) is 0 Å². The number of carboxylic acids is 1. The number of likely N-dealkylation sites (N-methyl/N-ethyl adjacent to an activating group) is 1. The van der Waals surface area contributed by atoms with Gasteiger partial charge in [-0.15, -0.1) is 0 Å². The molecule has 2 rings (SSSR count). The fourth-order valence-corrected chi connectivity index (χ4v) is 4.08. The van der Waals surface area contributed by atoms with Gasteiger partial charge in [-0.25, -0.2) is 0 Å². The standard InChI is InChI=1S/C16H30N2O2/c1-17-16(15(19)20)10-6-9-14(11-16)18(2)12-13-7-4-3-5-8-13/h13-14,17H,3-12H2,1-2H3,(H,19,20). The van der Waals surface area contributed by atoms with E-state index >= 15 is 0 Å². The Hall–Kier alpha value is -0.610. The van der Waals surface area contributed by atoms with Gasteiger partial charge in [-0.3, -0.25) is 4.79 Å². The predicted molar refractivity (Wildman–Crippen MR) is 80.9 cm³/mol. The minimum absolute atomic E-state index is 0.411. The topological polar surface area (TPSA) is 52.6 Å². The molecule has 0 radical (unpaired) electrons. The lowest BCUT2D eigenvalue weighted by Gasteiger charge is -2.42. The van der Waals surface area contributed by atoms with Crippen molar-refractivity contribution in [1.82, 2.24) is 10.2 Å². The third-order valence-corrected chi connectivity index (χ3v) is 5.51. The number of carboxylic acid groups (broad SMARTS) is 1. The largest absolute Gasteiger partial charge is 0.480 e. The van der Waals surface area contributed by atoms with Crippen molar-refractivity contribution in [3.63, 3.8) is 0 Å². The zero-order valence-corrected chi connectivity index (χ0v) is 13.0. The molecule has 0 heterocycles. The van der Waals surface area contributed by atoms with Crippen molar-refractivity contribution in [3.05, 3.63) is 0 Å². The molecule has 2 aliphatic carbocycles. The summed E-state index contributed by atoms with van der Waals surface area (Å²) in [5.74, 6) is 0.139. The van der Waals surface area contributed by atoms with Gasteiger partial charge in [0.2, 0.25) is 0 Å². The molecule has 20 heavy (non-hydrogen) atoms. The van der Waals surface area contributed by atoms with Crippen molar-refractivity contribution >= 4 is 5.97 Å². The maximum absolute atomic E-state index is 11.6. The zero-order valence-electron chi connectivity index (χ0n) is 13.0. The van der Waals surface area contributed by atoms with Crippen LogP contribution in [0.4, 0.5) is 0 Å². The summed E-state index contributed by atoms with van der Waals surface area (Å²) < 4.78 is 0. The van der Waals surface area contributed by atoms with Gasteiger partial charge in [0.25, 0.3) is 0 Å². The highest BCUT2D eigenvalue weighted by molar-refractivity contribution is 5.79. The second-order valence-electron chi connectivity index (χ2n) is 6.83. The van der Waals surface area contributed by atoms with Crippen LogP contribution in [0.3, 0.4) is 0 Å². The van der Waals surface area contributed by atoms with Crippen molar-refractivity contribution in [2.24, 2.45) is 5.92 Å². The van der Waals surface area contributed by atoms with Gasteiger partial charge in [-0.1, -0.05) is 19.3 Å². The van der Waals surface area contributed by atoms with Crippen molar-refractivity contribution in [2.45, 2.75) is 69.4 Å². The number of hydrogen-bond acceptors (Lipinski definition) is 3. The fourth-order valence-electron chi connectivity index (χ4n) is 4.08. The van der Waals surface area contributed by atoms with Crippen LogP contribution in [0.2, 0.25) is 0 Å².